The number of amides is 1. The molecule has 0 radical (unpaired) electrons. The molecular formula is C25H31N3O3S2. The van der Waals surface area contributed by atoms with Gasteiger partial charge in [0.05, 0.1) is 11.3 Å². The number of hydrogen-bond acceptors (Lipinski definition) is 6. The molecule has 0 spiro atoms. The number of hydrogen-bond donors (Lipinski definition) is 1. The van der Waals surface area contributed by atoms with E-state index in [4.69, 9.17) is 9.72 Å². The molecule has 1 N–H and O–H groups in total. The molecule has 1 aliphatic carbocycles. The van der Waals surface area contributed by atoms with E-state index < -0.39 is 0 Å². The normalized spacial score (nSPS) is 14.0. The third kappa shape index (κ3) is 6.05. The number of thiophene rings is 1. The van der Waals surface area contributed by atoms with Crippen LogP contribution in [0.4, 0.5) is 0 Å². The number of fused-ring (bicyclic) bond motifs is 3. The van der Waals surface area contributed by atoms with E-state index in [2.05, 4.69) is 11.4 Å². The van der Waals surface area contributed by atoms with Gasteiger partial charge in [-0.3, -0.25) is 14.2 Å². The average Bonchev–Trinajstić information content (AvgIpc) is 3.21. The Labute approximate surface area is 202 Å². The van der Waals surface area contributed by atoms with Crippen LogP contribution in [0, 0.1) is 0 Å². The zero-order valence-electron chi connectivity index (χ0n) is 19.1. The Hall–Kier alpha value is -2.16. The summed E-state index contributed by atoms with van der Waals surface area (Å²) in [4.78, 5) is 30.7. The van der Waals surface area contributed by atoms with Crippen molar-refractivity contribution >= 4 is 49.3 Å². The molecule has 33 heavy (non-hydrogen) atoms. The summed E-state index contributed by atoms with van der Waals surface area (Å²) in [6, 6.07) is 7.96. The van der Waals surface area contributed by atoms with E-state index in [1.165, 1.54) is 41.5 Å². The minimum atomic E-state index is -0.0372. The van der Waals surface area contributed by atoms with Gasteiger partial charge in [0.2, 0.25) is 5.91 Å². The van der Waals surface area contributed by atoms with E-state index in [9.17, 15) is 9.59 Å². The van der Waals surface area contributed by atoms with Crippen molar-refractivity contribution in [2.75, 3.05) is 25.5 Å². The summed E-state index contributed by atoms with van der Waals surface area (Å²) in [7, 11) is 0. The molecule has 3 aromatic rings. The predicted octanol–water partition coefficient (Wildman–Crippen LogP) is 5.14. The van der Waals surface area contributed by atoms with Crippen molar-refractivity contribution in [3.8, 4) is 0 Å². The Morgan fingerprint density at radius 1 is 1.30 bits per heavy atom. The van der Waals surface area contributed by atoms with Gasteiger partial charge in [-0.1, -0.05) is 41.6 Å². The maximum absolute atomic E-state index is 13.3. The number of carbonyl (C=O) groups excluding carboxylic acids is 1. The standard InChI is InChI=1S/C25H31N3O3S2/c1-2-31-16-8-15-28-24(30)23-22(19-11-6-7-12-20(19)33-23)27-25(28)32-17-21(29)26-14-13-18-9-4-3-5-10-18/h6-7,9,11-12H,2-5,8,10,13-17H2,1H3,(H,26,29). The van der Waals surface area contributed by atoms with Crippen LogP contribution >= 0.6 is 23.1 Å². The van der Waals surface area contributed by atoms with Gasteiger partial charge in [0, 0.05) is 36.4 Å². The van der Waals surface area contributed by atoms with Crippen LogP contribution in [0.25, 0.3) is 20.3 Å². The van der Waals surface area contributed by atoms with Crippen LogP contribution in [0.3, 0.4) is 0 Å². The van der Waals surface area contributed by atoms with E-state index in [-0.39, 0.29) is 17.2 Å². The van der Waals surface area contributed by atoms with Gasteiger partial charge >= 0.3 is 0 Å². The number of nitrogens with zero attached hydrogens (tertiary/aromatic N) is 2. The summed E-state index contributed by atoms with van der Waals surface area (Å²) in [6.45, 7) is 4.39. The number of carbonyl (C=O) groups is 1. The Kier molecular flexibility index (Phi) is 8.58. The minimum Gasteiger partial charge on any atom is -0.382 e. The van der Waals surface area contributed by atoms with Crippen molar-refractivity contribution in [3.05, 3.63) is 46.3 Å². The van der Waals surface area contributed by atoms with E-state index in [1.807, 2.05) is 31.2 Å². The molecule has 0 unspecified atom stereocenters. The monoisotopic (exact) mass is 485 g/mol. The number of aromatic nitrogens is 2. The van der Waals surface area contributed by atoms with Crippen LogP contribution in [0.1, 0.15) is 45.4 Å². The quantitative estimate of drug-likeness (QED) is 0.176. The van der Waals surface area contributed by atoms with E-state index >= 15 is 0 Å². The van der Waals surface area contributed by atoms with Gasteiger partial charge in [0.1, 0.15) is 4.70 Å². The first kappa shape index (κ1) is 24.0. The lowest BCUT2D eigenvalue weighted by molar-refractivity contribution is -0.118. The van der Waals surface area contributed by atoms with Crippen LogP contribution in [-0.2, 0) is 16.1 Å². The summed E-state index contributed by atoms with van der Waals surface area (Å²) in [5, 5.41) is 4.61. The van der Waals surface area contributed by atoms with Gasteiger partial charge in [0.15, 0.2) is 5.16 Å². The van der Waals surface area contributed by atoms with Gasteiger partial charge in [-0.05, 0) is 51.5 Å². The SMILES string of the molecule is CCOCCCn1c(SCC(=O)NCCC2=CCCCC2)nc2c(sc3ccccc32)c1=O. The number of benzene rings is 1. The van der Waals surface area contributed by atoms with Crippen LogP contribution in [0.2, 0.25) is 0 Å². The lowest BCUT2D eigenvalue weighted by atomic mass is 9.97. The van der Waals surface area contributed by atoms with Crippen molar-refractivity contribution in [2.45, 2.75) is 57.1 Å². The fraction of sp³-hybridized carbons (Fsp3) is 0.480. The zero-order valence-corrected chi connectivity index (χ0v) is 20.7. The lowest BCUT2D eigenvalue weighted by Crippen LogP contribution is -2.28. The van der Waals surface area contributed by atoms with Gasteiger partial charge in [-0.15, -0.1) is 11.3 Å². The molecule has 4 rings (SSSR count). The van der Waals surface area contributed by atoms with Gasteiger partial charge in [0.25, 0.3) is 5.56 Å². The second-order valence-corrected chi connectivity index (χ2v) is 10.2. The van der Waals surface area contributed by atoms with Crippen LogP contribution < -0.4 is 10.9 Å². The van der Waals surface area contributed by atoms with Crippen molar-refractivity contribution < 1.29 is 9.53 Å². The molecule has 0 aliphatic heterocycles. The Morgan fingerprint density at radius 3 is 3.00 bits per heavy atom. The number of rotatable bonds is 11. The summed E-state index contributed by atoms with van der Waals surface area (Å²) >= 11 is 2.82. The second-order valence-electron chi connectivity index (χ2n) is 8.17. The molecule has 6 nitrogen and oxygen atoms in total. The maximum Gasteiger partial charge on any atom is 0.272 e. The zero-order chi connectivity index (χ0) is 23.0. The number of thioether (sulfide) groups is 1. The summed E-state index contributed by atoms with van der Waals surface area (Å²) in [5.74, 6) is 0.214. The molecule has 8 heteroatoms. The highest BCUT2D eigenvalue weighted by Crippen LogP contribution is 2.31. The molecular weight excluding hydrogens is 454 g/mol. The summed E-state index contributed by atoms with van der Waals surface area (Å²) < 4.78 is 8.88. The fourth-order valence-corrected chi connectivity index (χ4v) is 6.04. The topological polar surface area (TPSA) is 73.2 Å². The van der Waals surface area contributed by atoms with Crippen molar-refractivity contribution in [1.82, 2.24) is 14.9 Å². The van der Waals surface area contributed by atoms with Gasteiger partial charge < -0.3 is 10.1 Å². The highest BCUT2D eigenvalue weighted by Gasteiger charge is 2.17. The molecule has 0 saturated carbocycles. The second kappa shape index (κ2) is 11.8. The van der Waals surface area contributed by atoms with Crippen molar-refractivity contribution in [1.29, 1.82) is 0 Å². The smallest absolute Gasteiger partial charge is 0.272 e. The number of allylic oxidation sites excluding steroid dienone is 1. The molecule has 176 valence electrons. The first-order chi connectivity index (χ1) is 16.2. The van der Waals surface area contributed by atoms with Crippen molar-refractivity contribution in [2.24, 2.45) is 0 Å². The molecule has 0 atom stereocenters. The van der Waals surface area contributed by atoms with Gasteiger partial charge in [-0.2, -0.15) is 0 Å². The van der Waals surface area contributed by atoms with Crippen LogP contribution in [0.15, 0.2) is 45.9 Å². The first-order valence-corrected chi connectivity index (χ1v) is 13.5. The van der Waals surface area contributed by atoms with E-state index in [0.717, 1.165) is 41.3 Å². The average molecular weight is 486 g/mol. The van der Waals surface area contributed by atoms with Gasteiger partial charge in [-0.25, -0.2) is 4.98 Å². The van der Waals surface area contributed by atoms with E-state index in [0.29, 0.717) is 36.2 Å². The first-order valence-electron chi connectivity index (χ1n) is 11.7. The Bertz CT molecular complexity index is 1200. The Morgan fingerprint density at radius 2 is 2.18 bits per heavy atom. The largest absolute Gasteiger partial charge is 0.382 e. The third-order valence-corrected chi connectivity index (χ3v) is 7.93. The highest BCUT2D eigenvalue weighted by molar-refractivity contribution is 7.99. The lowest BCUT2D eigenvalue weighted by Gasteiger charge is -2.14. The fourth-order valence-electron chi connectivity index (χ4n) is 4.11. The Balaban J connectivity index is 1.48. The molecule has 0 fully saturated rings. The molecule has 0 bridgehead atoms. The summed E-state index contributed by atoms with van der Waals surface area (Å²) in [5.41, 5.74) is 2.15. The molecule has 1 amide bonds. The number of ether oxygens (including phenoxy) is 1. The third-order valence-electron chi connectivity index (χ3n) is 5.81. The molecule has 2 heterocycles. The maximum atomic E-state index is 13.3. The molecule has 2 aromatic heterocycles. The summed E-state index contributed by atoms with van der Waals surface area (Å²) in [6.07, 6.45) is 8.79. The predicted molar refractivity (Wildman–Crippen MR) is 137 cm³/mol. The van der Waals surface area contributed by atoms with Crippen LogP contribution in [-0.4, -0.2) is 41.0 Å². The van der Waals surface area contributed by atoms with Crippen molar-refractivity contribution in [3.63, 3.8) is 0 Å². The minimum absolute atomic E-state index is 0.0261. The molecule has 0 saturated heterocycles. The number of nitrogens with one attached hydrogen (secondary N) is 1. The van der Waals surface area contributed by atoms with Crippen LogP contribution in [0.5, 0.6) is 0 Å². The molecule has 1 aliphatic rings. The highest BCUT2D eigenvalue weighted by atomic mass is 32.2. The molecule has 1 aromatic carbocycles. The van der Waals surface area contributed by atoms with E-state index in [1.54, 1.807) is 4.57 Å².